The number of aromatic nitrogens is 1. The van der Waals surface area contributed by atoms with E-state index in [1.807, 2.05) is 30.3 Å². The van der Waals surface area contributed by atoms with Crippen molar-refractivity contribution in [3.63, 3.8) is 0 Å². The van der Waals surface area contributed by atoms with Gasteiger partial charge in [-0.2, -0.15) is 0 Å². The van der Waals surface area contributed by atoms with Crippen LogP contribution in [-0.4, -0.2) is 33.8 Å². The van der Waals surface area contributed by atoms with E-state index in [1.54, 1.807) is 6.92 Å². The van der Waals surface area contributed by atoms with E-state index in [-0.39, 0.29) is 24.2 Å². The van der Waals surface area contributed by atoms with Crippen molar-refractivity contribution < 1.29 is 19.5 Å². The largest absolute Gasteiger partial charge is 0.481 e. The third-order valence-electron chi connectivity index (χ3n) is 5.03. The number of aliphatic carboxylic acids is 1. The van der Waals surface area contributed by atoms with Gasteiger partial charge in [-0.05, 0) is 43.7 Å². The van der Waals surface area contributed by atoms with Crippen LogP contribution in [0.2, 0.25) is 0 Å². The number of aromatic amines is 1. The molecule has 1 aliphatic carbocycles. The van der Waals surface area contributed by atoms with Gasteiger partial charge in [0.15, 0.2) is 5.78 Å². The highest BCUT2D eigenvalue weighted by Crippen LogP contribution is 2.26. The van der Waals surface area contributed by atoms with E-state index in [2.05, 4.69) is 10.3 Å². The highest BCUT2D eigenvalue weighted by Gasteiger charge is 2.27. The molecule has 1 amide bonds. The second kappa shape index (κ2) is 8.20. The maximum atomic E-state index is 12.8. The summed E-state index contributed by atoms with van der Waals surface area (Å²) in [6, 6.07) is 9.36. The molecule has 0 saturated carbocycles. The van der Waals surface area contributed by atoms with Crippen molar-refractivity contribution in [3.05, 3.63) is 58.4 Å². The number of hydrogen-bond donors (Lipinski definition) is 3. The zero-order valence-electron chi connectivity index (χ0n) is 15.4. The number of hydrogen-bond acceptors (Lipinski definition) is 3. The molecule has 27 heavy (non-hydrogen) atoms. The molecule has 2 aromatic rings. The van der Waals surface area contributed by atoms with Gasteiger partial charge in [-0.15, -0.1) is 0 Å². The number of amides is 1. The molecule has 0 aliphatic heterocycles. The molecule has 1 unspecified atom stereocenters. The summed E-state index contributed by atoms with van der Waals surface area (Å²) in [5, 5.41) is 12.0. The molecular formula is C21H24N2O4. The predicted octanol–water partition coefficient (Wildman–Crippen LogP) is 3.05. The number of benzene rings is 1. The summed E-state index contributed by atoms with van der Waals surface area (Å²) in [5.74, 6) is -1.10. The van der Waals surface area contributed by atoms with Crippen molar-refractivity contribution in [3.8, 4) is 0 Å². The van der Waals surface area contributed by atoms with Crippen LogP contribution in [0.3, 0.4) is 0 Å². The highest BCUT2D eigenvalue weighted by atomic mass is 16.4. The van der Waals surface area contributed by atoms with Crippen LogP contribution < -0.4 is 5.32 Å². The molecule has 142 valence electrons. The van der Waals surface area contributed by atoms with Crippen LogP contribution in [-0.2, 0) is 17.6 Å². The van der Waals surface area contributed by atoms with E-state index < -0.39 is 5.97 Å². The number of carbonyl (C=O) groups excluding carboxylic acids is 2. The second-order valence-corrected chi connectivity index (χ2v) is 7.05. The number of rotatable bonds is 7. The first-order chi connectivity index (χ1) is 13.0. The van der Waals surface area contributed by atoms with Gasteiger partial charge in [0.1, 0.15) is 5.69 Å². The molecule has 0 saturated heterocycles. The molecule has 0 radical (unpaired) electrons. The molecule has 3 N–H and O–H groups in total. The standard InChI is InChI=1S/C21H24N2O4/c1-13-19-16(8-5-9-17(19)24)23-20(13)21(27)22-15(10-11-18(25)26)12-14-6-3-2-4-7-14/h2-4,6-7,15,23H,5,8-12H2,1H3,(H,22,27)(H,25,26). The Balaban J connectivity index is 1.77. The van der Waals surface area contributed by atoms with Crippen molar-refractivity contribution in [2.45, 2.75) is 51.5 Å². The SMILES string of the molecule is Cc1c(C(=O)NC(CCC(=O)O)Cc2ccccc2)[nH]c2c1C(=O)CCC2. The van der Waals surface area contributed by atoms with Gasteiger partial charge in [-0.25, -0.2) is 0 Å². The molecule has 1 aromatic carbocycles. The number of fused-ring (bicyclic) bond motifs is 1. The summed E-state index contributed by atoms with van der Waals surface area (Å²) in [6.45, 7) is 1.79. The summed E-state index contributed by atoms with van der Waals surface area (Å²) in [6.07, 6.45) is 2.95. The Morgan fingerprint density at radius 3 is 2.63 bits per heavy atom. The zero-order valence-corrected chi connectivity index (χ0v) is 15.4. The second-order valence-electron chi connectivity index (χ2n) is 7.05. The van der Waals surface area contributed by atoms with Crippen molar-refractivity contribution in [1.82, 2.24) is 10.3 Å². The highest BCUT2D eigenvalue weighted by molar-refractivity contribution is 6.04. The van der Waals surface area contributed by atoms with Gasteiger partial charge in [-0.1, -0.05) is 30.3 Å². The number of carbonyl (C=O) groups is 3. The van der Waals surface area contributed by atoms with Crippen molar-refractivity contribution in [1.29, 1.82) is 0 Å². The van der Waals surface area contributed by atoms with Gasteiger partial charge in [0.2, 0.25) is 0 Å². The van der Waals surface area contributed by atoms with E-state index in [1.165, 1.54) is 0 Å². The number of H-pyrrole nitrogens is 1. The average molecular weight is 368 g/mol. The van der Waals surface area contributed by atoms with Gasteiger partial charge in [0.25, 0.3) is 5.91 Å². The van der Waals surface area contributed by atoms with Crippen molar-refractivity contribution in [2.75, 3.05) is 0 Å². The number of nitrogens with one attached hydrogen (secondary N) is 2. The minimum Gasteiger partial charge on any atom is -0.481 e. The summed E-state index contributed by atoms with van der Waals surface area (Å²) < 4.78 is 0. The molecule has 1 aromatic heterocycles. The first-order valence-electron chi connectivity index (χ1n) is 9.27. The van der Waals surface area contributed by atoms with E-state index in [9.17, 15) is 14.4 Å². The quantitative estimate of drug-likeness (QED) is 0.699. The third-order valence-corrected chi connectivity index (χ3v) is 5.03. The van der Waals surface area contributed by atoms with Gasteiger partial charge >= 0.3 is 5.97 Å². The van der Waals surface area contributed by atoms with Crippen LogP contribution in [0.25, 0.3) is 0 Å². The Bertz CT molecular complexity index is 855. The Labute approximate surface area is 158 Å². The Morgan fingerprint density at radius 1 is 1.22 bits per heavy atom. The molecule has 3 rings (SSSR count). The number of carboxylic acids is 1. The first-order valence-corrected chi connectivity index (χ1v) is 9.27. The smallest absolute Gasteiger partial charge is 0.303 e. The van der Waals surface area contributed by atoms with Crippen molar-refractivity contribution >= 4 is 17.7 Å². The molecular weight excluding hydrogens is 344 g/mol. The minimum absolute atomic E-state index is 0.0174. The number of Topliss-reactive ketones (excluding diaryl/α,β-unsaturated/α-hetero) is 1. The average Bonchev–Trinajstić information content (AvgIpc) is 2.98. The first kappa shape index (κ1) is 18.9. The summed E-state index contributed by atoms with van der Waals surface area (Å²) in [7, 11) is 0. The molecule has 1 aliphatic rings. The fourth-order valence-electron chi connectivity index (χ4n) is 3.68. The van der Waals surface area contributed by atoms with Crippen LogP contribution in [0.1, 0.15) is 63.4 Å². The Kier molecular flexibility index (Phi) is 5.74. The third kappa shape index (κ3) is 4.45. The molecule has 0 spiro atoms. The van der Waals surface area contributed by atoms with E-state index >= 15 is 0 Å². The fraction of sp³-hybridized carbons (Fsp3) is 0.381. The zero-order chi connectivity index (χ0) is 19.4. The maximum absolute atomic E-state index is 12.8. The monoisotopic (exact) mass is 368 g/mol. The summed E-state index contributed by atoms with van der Waals surface area (Å²) in [5.41, 5.74) is 3.61. The molecule has 6 nitrogen and oxygen atoms in total. The van der Waals surface area contributed by atoms with Crippen LogP contribution in [0.5, 0.6) is 0 Å². The van der Waals surface area contributed by atoms with Crippen LogP contribution in [0.15, 0.2) is 30.3 Å². The Morgan fingerprint density at radius 2 is 1.96 bits per heavy atom. The number of aryl methyl sites for hydroxylation is 1. The van der Waals surface area contributed by atoms with Gasteiger partial charge in [-0.3, -0.25) is 14.4 Å². The van der Waals surface area contributed by atoms with Gasteiger partial charge in [0, 0.05) is 30.1 Å². The van der Waals surface area contributed by atoms with E-state index in [4.69, 9.17) is 5.11 Å². The molecule has 0 fully saturated rings. The lowest BCUT2D eigenvalue weighted by Gasteiger charge is -2.18. The summed E-state index contributed by atoms with van der Waals surface area (Å²) in [4.78, 5) is 39.1. The Hall–Kier alpha value is -2.89. The minimum atomic E-state index is -0.889. The molecule has 0 bridgehead atoms. The van der Waals surface area contributed by atoms with Crippen LogP contribution in [0, 0.1) is 6.92 Å². The van der Waals surface area contributed by atoms with E-state index in [0.717, 1.165) is 24.1 Å². The van der Waals surface area contributed by atoms with Gasteiger partial charge < -0.3 is 15.4 Å². The molecule has 6 heteroatoms. The van der Waals surface area contributed by atoms with Gasteiger partial charge in [0.05, 0.1) is 0 Å². The predicted molar refractivity (Wildman–Crippen MR) is 101 cm³/mol. The van der Waals surface area contributed by atoms with Crippen LogP contribution >= 0.6 is 0 Å². The lowest BCUT2D eigenvalue weighted by atomic mass is 9.93. The lowest BCUT2D eigenvalue weighted by Crippen LogP contribution is -2.37. The van der Waals surface area contributed by atoms with E-state index in [0.29, 0.717) is 36.1 Å². The van der Waals surface area contributed by atoms with Crippen molar-refractivity contribution in [2.24, 2.45) is 0 Å². The summed E-state index contributed by atoms with van der Waals surface area (Å²) >= 11 is 0. The normalized spacial score (nSPS) is 14.5. The lowest BCUT2D eigenvalue weighted by molar-refractivity contribution is -0.137. The topological polar surface area (TPSA) is 99.3 Å². The number of carboxylic acid groups (broad SMARTS) is 1. The van der Waals surface area contributed by atoms with Crippen LogP contribution in [0.4, 0.5) is 0 Å². The molecule has 1 atom stereocenters. The number of ketones is 1. The fourth-order valence-corrected chi connectivity index (χ4v) is 3.68. The molecule has 1 heterocycles. The maximum Gasteiger partial charge on any atom is 0.303 e.